The first-order valence-electron chi connectivity index (χ1n) is 9.49. The second-order valence-electron chi connectivity index (χ2n) is 7.38. The van der Waals surface area contributed by atoms with Crippen molar-refractivity contribution in [1.82, 2.24) is 9.55 Å². The van der Waals surface area contributed by atoms with Crippen molar-refractivity contribution >= 4 is 5.97 Å². The van der Waals surface area contributed by atoms with Crippen LogP contribution in [-0.2, 0) is 21.7 Å². The van der Waals surface area contributed by atoms with Gasteiger partial charge in [-0.1, -0.05) is 57.0 Å². The molecule has 140 valence electrons. The Morgan fingerprint density at radius 2 is 2.00 bits per heavy atom. The molecule has 0 amide bonds. The highest BCUT2D eigenvalue weighted by Crippen LogP contribution is 2.41. The molecule has 1 N–H and O–H groups in total. The van der Waals surface area contributed by atoms with E-state index in [0.717, 1.165) is 31.5 Å². The highest BCUT2D eigenvalue weighted by molar-refractivity contribution is 5.81. The molecule has 1 unspecified atom stereocenters. The van der Waals surface area contributed by atoms with E-state index in [2.05, 4.69) is 18.8 Å². The number of aliphatic hydroxyl groups is 1. The maximum atomic E-state index is 12.9. The van der Waals surface area contributed by atoms with Crippen LogP contribution in [0.1, 0.15) is 56.8 Å². The van der Waals surface area contributed by atoms with Gasteiger partial charge in [-0.25, -0.2) is 9.78 Å². The minimum absolute atomic E-state index is 0.0862. The molecule has 0 saturated heterocycles. The van der Waals surface area contributed by atoms with Gasteiger partial charge in [0.15, 0.2) is 5.60 Å². The number of hydrogen-bond donors (Lipinski definition) is 1. The number of esters is 1. The Morgan fingerprint density at radius 3 is 2.65 bits per heavy atom. The summed E-state index contributed by atoms with van der Waals surface area (Å²) >= 11 is 0. The minimum Gasteiger partial charge on any atom is -0.461 e. The van der Waals surface area contributed by atoms with Gasteiger partial charge < -0.3 is 14.4 Å². The van der Waals surface area contributed by atoms with Gasteiger partial charge >= 0.3 is 5.97 Å². The van der Waals surface area contributed by atoms with Crippen LogP contribution in [0.15, 0.2) is 42.7 Å². The van der Waals surface area contributed by atoms with Crippen LogP contribution in [0.4, 0.5) is 0 Å². The molecular weight excluding hydrogens is 328 g/mol. The molecule has 1 saturated carbocycles. The first-order valence-corrected chi connectivity index (χ1v) is 9.49. The van der Waals surface area contributed by atoms with E-state index >= 15 is 0 Å². The maximum absolute atomic E-state index is 12.9. The average molecular weight is 356 g/mol. The summed E-state index contributed by atoms with van der Waals surface area (Å²) in [6.45, 7) is 4.92. The zero-order chi connectivity index (χ0) is 18.6. The zero-order valence-electron chi connectivity index (χ0n) is 15.6. The molecule has 1 atom stereocenters. The van der Waals surface area contributed by atoms with E-state index in [1.54, 1.807) is 6.20 Å². The Labute approximate surface area is 155 Å². The highest BCUT2D eigenvalue weighted by atomic mass is 16.5. The van der Waals surface area contributed by atoms with Gasteiger partial charge in [0.25, 0.3) is 0 Å². The molecule has 26 heavy (non-hydrogen) atoms. The van der Waals surface area contributed by atoms with Crippen molar-refractivity contribution in [3.63, 3.8) is 0 Å². The summed E-state index contributed by atoms with van der Waals surface area (Å²) < 4.78 is 7.54. The first kappa shape index (κ1) is 18.6. The van der Waals surface area contributed by atoms with Crippen molar-refractivity contribution in [3.8, 4) is 0 Å². The fraction of sp³-hybridized carbons (Fsp3) is 0.524. The Kier molecular flexibility index (Phi) is 5.77. The molecule has 5 heteroatoms. The molecule has 1 heterocycles. The van der Waals surface area contributed by atoms with Crippen molar-refractivity contribution in [2.45, 2.75) is 57.6 Å². The molecule has 0 aliphatic heterocycles. The number of carbonyl (C=O) groups excluding carboxylic acids is 1. The average Bonchev–Trinajstić information content (AvgIpc) is 3.33. The highest BCUT2D eigenvalue weighted by Gasteiger charge is 2.47. The monoisotopic (exact) mass is 356 g/mol. The summed E-state index contributed by atoms with van der Waals surface area (Å²) in [5.74, 6) is 0.647. The molecular formula is C21H28N2O3. The van der Waals surface area contributed by atoms with Crippen LogP contribution < -0.4 is 0 Å². The number of ether oxygens (including phenoxy) is 1. The number of rotatable bonds is 7. The predicted octanol–water partition coefficient (Wildman–Crippen LogP) is 3.63. The third-order valence-electron chi connectivity index (χ3n) is 5.30. The molecule has 1 aliphatic carbocycles. The van der Waals surface area contributed by atoms with Crippen molar-refractivity contribution in [1.29, 1.82) is 0 Å². The lowest BCUT2D eigenvalue weighted by molar-refractivity contribution is -0.174. The smallest absolute Gasteiger partial charge is 0.343 e. The van der Waals surface area contributed by atoms with Gasteiger partial charge in [0.2, 0.25) is 0 Å². The van der Waals surface area contributed by atoms with Crippen LogP contribution in [0.5, 0.6) is 0 Å². The van der Waals surface area contributed by atoms with Crippen molar-refractivity contribution < 1.29 is 14.6 Å². The summed E-state index contributed by atoms with van der Waals surface area (Å²) in [5, 5.41) is 11.4. The standard InChI is InChI=1S/C21H28N2O3/c1-16(2)19-22-12-13-23(19)14-15-26-20(24)21(25,18-10-6-7-11-18)17-8-4-3-5-9-17/h3-5,8-9,12-13,16,18,25H,6-7,10-11,14-15H2,1-2H3. The van der Waals surface area contributed by atoms with Crippen molar-refractivity contribution in [3.05, 3.63) is 54.1 Å². The summed E-state index contributed by atoms with van der Waals surface area (Å²) in [6.07, 6.45) is 7.43. The van der Waals surface area contributed by atoms with E-state index < -0.39 is 11.6 Å². The Hall–Kier alpha value is -2.14. The van der Waals surface area contributed by atoms with Crippen LogP contribution in [0.25, 0.3) is 0 Å². The third-order valence-corrected chi connectivity index (χ3v) is 5.30. The van der Waals surface area contributed by atoms with E-state index in [1.807, 2.05) is 41.1 Å². The summed E-state index contributed by atoms with van der Waals surface area (Å²) in [5.41, 5.74) is -0.935. The molecule has 1 aliphatic rings. The third kappa shape index (κ3) is 3.68. The lowest BCUT2D eigenvalue weighted by Gasteiger charge is -2.32. The normalized spacial score (nSPS) is 17.4. The number of imidazole rings is 1. The molecule has 2 aromatic rings. The fourth-order valence-corrected chi connectivity index (χ4v) is 3.91. The number of hydrogen-bond acceptors (Lipinski definition) is 4. The van der Waals surface area contributed by atoms with Crippen LogP contribution >= 0.6 is 0 Å². The van der Waals surface area contributed by atoms with E-state index in [0.29, 0.717) is 18.0 Å². The maximum Gasteiger partial charge on any atom is 0.343 e. The van der Waals surface area contributed by atoms with Crippen molar-refractivity contribution in [2.75, 3.05) is 6.61 Å². The molecule has 0 spiro atoms. The SMILES string of the molecule is CC(C)c1nccn1CCOC(=O)C(O)(c1ccccc1)C1CCCC1. The van der Waals surface area contributed by atoms with E-state index in [4.69, 9.17) is 4.74 Å². The van der Waals surface area contributed by atoms with Gasteiger partial charge in [0.1, 0.15) is 12.4 Å². The second-order valence-corrected chi connectivity index (χ2v) is 7.38. The van der Waals surface area contributed by atoms with Crippen molar-refractivity contribution in [2.24, 2.45) is 5.92 Å². The Bertz CT molecular complexity index is 720. The van der Waals surface area contributed by atoms with E-state index in [1.165, 1.54) is 0 Å². The number of aromatic nitrogens is 2. The molecule has 0 radical (unpaired) electrons. The number of nitrogens with zero attached hydrogens (tertiary/aromatic N) is 2. The van der Waals surface area contributed by atoms with Crippen LogP contribution in [-0.4, -0.2) is 27.2 Å². The first-order chi connectivity index (χ1) is 12.5. The summed E-state index contributed by atoms with van der Waals surface area (Å²) in [7, 11) is 0. The molecule has 3 rings (SSSR count). The second kappa shape index (κ2) is 8.04. The lowest BCUT2D eigenvalue weighted by Crippen LogP contribution is -2.43. The van der Waals surface area contributed by atoms with Crippen LogP contribution in [0, 0.1) is 5.92 Å². The van der Waals surface area contributed by atoms with Gasteiger partial charge in [-0.15, -0.1) is 0 Å². The molecule has 1 fully saturated rings. The Balaban J connectivity index is 1.71. The van der Waals surface area contributed by atoms with Gasteiger partial charge in [-0.3, -0.25) is 0 Å². The van der Waals surface area contributed by atoms with Gasteiger partial charge in [-0.05, 0) is 18.4 Å². The molecule has 0 bridgehead atoms. The number of carbonyl (C=O) groups is 1. The molecule has 1 aromatic heterocycles. The minimum atomic E-state index is -1.56. The van der Waals surface area contributed by atoms with E-state index in [-0.39, 0.29) is 12.5 Å². The van der Waals surface area contributed by atoms with Gasteiger partial charge in [0.05, 0.1) is 6.54 Å². The van der Waals surface area contributed by atoms with Gasteiger partial charge in [-0.2, -0.15) is 0 Å². The van der Waals surface area contributed by atoms with E-state index in [9.17, 15) is 9.90 Å². The quantitative estimate of drug-likeness (QED) is 0.770. The topological polar surface area (TPSA) is 64.4 Å². The zero-order valence-corrected chi connectivity index (χ0v) is 15.6. The largest absolute Gasteiger partial charge is 0.461 e. The Morgan fingerprint density at radius 1 is 1.31 bits per heavy atom. The summed E-state index contributed by atoms with van der Waals surface area (Å²) in [6, 6.07) is 9.21. The lowest BCUT2D eigenvalue weighted by atomic mass is 9.80. The fourth-order valence-electron chi connectivity index (χ4n) is 3.91. The molecule has 5 nitrogen and oxygen atoms in total. The van der Waals surface area contributed by atoms with Crippen LogP contribution in [0.2, 0.25) is 0 Å². The summed E-state index contributed by atoms with van der Waals surface area (Å²) in [4.78, 5) is 17.2. The van der Waals surface area contributed by atoms with Gasteiger partial charge in [0, 0.05) is 24.2 Å². The molecule has 1 aromatic carbocycles. The predicted molar refractivity (Wildman–Crippen MR) is 99.6 cm³/mol. The number of benzene rings is 1. The van der Waals surface area contributed by atoms with Crippen LogP contribution in [0.3, 0.4) is 0 Å².